The summed E-state index contributed by atoms with van der Waals surface area (Å²) < 4.78 is 69.4. The molecule has 2 saturated heterocycles. The molecule has 0 aromatic heterocycles. The predicted molar refractivity (Wildman–Crippen MR) is 93.7 cm³/mol. The van der Waals surface area contributed by atoms with Crippen LogP contribution in [0.1, 0.15) is 0 Å². The highest BCUT2D eigenvalue weighted by molar-refractivity contribution is 8.16. The van der Waals surface area contributed by atoms with Gasteiger partial charge < -0.3 is 14.4 Å². The van der Waals surface area contributed by atoms with Crippen LogP contribution in [-0.4, -0.2) is 62.4 Å². The van der Waals surface area contributed by atoms with Crippen LogP contribution in [0.25, 0.3) is 0 Å². The number of amides is 1. The number of fused-ring (bicyclic) bond motifs is 1. The van der Waals surface area contributed by atoms with Crippen molar-refractivity contribution in [1.82, 2.24) is 0 Å². The van der Waals surface area contributed by atoms with Crippen LogP contribution < -0.4 is 9.64 Å². The first-order chi connectivity index (χ1) is 12.6. The highest BCUT2D eigenvalue weighted by atomic mass is 32.2. The molecule has 3 rings (SSSR count). The second-order valence-corrected chi connectivity index (χ2v) is 9.29. The number of methoxy groups -OCH3 is 1. The standard InChI is InChI=1S/C15H15F3N2O5S2/c1-24-6-13(21)19-14-20(11-7-27(22,23)8-12(11)26-14)9-2-4-10(5-3-9)25-15(16,17)18/h2-5,11-12H,6-8H2,1H3/t11-,12+/m0/s1. The van der Waals surface area contributed by atoms with Crippen molar-refractivity contribution in [2.75, 3.05) is 30.1 Å². The first-order valence-corrected chi connectivity index (χ1v) is 10.4. The number of amidine groups is 1. The van der Waals surface area contributed by atoms with E-state index in [1.54, 1.807) is 4.90 Å². The van der Waals surface area contributed by atoms with Crippen molar-refractivity contribution < 1.29 is 35.9 Å². The first kappa shape index (κ1) is 20.0. The van der Waals surface area contributed by atoms with Gasteiger partial charge in [0.1, 0.15) is 12.4 Å². The lowest BCUT2D eigenvalue weighted by atomic mass is 10.2. The van der Waals surface area contributed by atoms with E-state index < -0.39 is 33.9 Å². The van der Waals surface area contributed by atoms with Gasteiger partial charge in [0.05, 0.1) is 17.5 Å². The van der Waals surface area contributed by atoms with E-state index in [4.69, 9.17) is 4.74 Å². The van der Waals surface area contributed by atoms with Gasteiger partial charge in [0.25, 0.3) is 5.91 Å². The third-order valence-corrected chi connectivity index (χ3v) is 7.11. The number of nitrogens with zero attached hydrogens (tertiary/aromatic N) is 2. The van der Waals surface area contributed by atoms with Crippen LogP contribution in [0.4, 0.5) is 18.9 Å². The number of carbonyl (C=O) groups is 1. The summed E-state index contributed by atoms with van der Waals surface area (Å²) in [5.74, 6) is -1.11. The first-order valence-electron chi connectivity index (χ1n) is 7.70. The van der Waals surface area contributed by atoms with Gasteiger partial charge in [-0.15, -0.1) is 13.2 Å². The molecule has 7 nitrogen and oxygen atoms in total. The molecule has 1 amide bonds. The van der Waals surface area contributed by atoms with E-state index in [1.165, 1.54) is 19.2 Å². The van der Waals surface area contributed by atoms with Gasteiger partial charge in [-0.25, -0.2) is 8.42 Å². The summed E-state index contributed by atoms with van der Waals surface area (Å²) in [6.45, 7) is -0.232. The number of benzene rings is 1. The maximum Gasteiger partial charge on any atom is 0.573 e. The fraction of sp³-hybridized carbons (Fsp3) is 0.467. The minimum atomic E-state index is -4.81. The molecule has 12 heteroatoms. The molecule has 0 saturated carbocycles. The lowest BCUT2D eigenvalue weighted by Crippen LogP contribution is -2.37. The minimum Gasteiger partial charge on any atom is -0.406 e. The van der Waals surface area contributed by atoms with Crippen molar-refractivity contribution in [3.63, 3.8) is 0 Å². The fourth-order valence-corrected chi connectivity index (χ4v) is 6.87. The third kappa shape index (κ3) is 4.74. The number of sulfone groups is 1. The van der Waals surface area contributed by atoms with Crippen LogP contribution in [0.15, 0.2) is 29.3 Å². The maximum atomic E-state index is 12.3. The Kier molecular flexibility index (Phi) is 5.41. The van der Waals surface area contributed by atoms with Gasteiger partial charge in [-0.2, -0.15) is 4.99 Å². The zero-order chi connectivity index (χ0) is 19.8. The van der Waals surface area contributed by atoms with E-state index in [2.05, 4.69) is 9.73 Å². The Morgan fingerprint density at radius 1 is 1.30 bits per heavy atom. The Bertz CT molecular complexity index is 855. The Balaban J connectivity index is 1.91. The molecular formula is C15H15F3N2O5S2. The van der Waals surface area contributed by atoms with E-state index >= 15 is 0 Å². The number of thioether (sulfide) groups is 1. The summed E-state index contributed by atoms with van der Waals surface area (Å²) in [5, 5.41) is -0.0124. The lowest BCUT2D eigenvalue weighted by Gasteiger charge is -2.24. The normalized spacial score (nSPS) is 25.6. The molecule has 1 aromatic carbocycles. The molecule has 27 heavy (non-hydrogen) atoms. The van der Waals surface area contributed by atoms with Gasteiger partial charge in [0.2, 0.25) is 0 Å². The SMILES string of the molecule is COCC(=O)N=C1S[C@@H]2CS(=O)(=O)C[C@@H]2N1c1ccc(OC(F)(F)F)cc1. The van der Waals surface area contributed by atoms with Crippen LogP contribution in [0, 0.1) is 0 Å². The molecule has 2 heterocycles. The second-order valence-electron chi connectivity index (χ2n) is 5.93. The van der Waals surface area contributed by atoms with Crippen molar-refractivity contribution in [2.24, 2.45) is 4.99 Å². The molecule has 0 unspecified atom stereocenters. The van der Waals surface area contributed by atoms with Crippen LogP contribution in [0.2, 0.25) is 0 Å². The monoisotopic (exact) mass is 424 g/mol. The van der Waals surface area contributed by atoms with Gasteiger partial charge in [-0.3, -0.25) is 4.79 Å². The quantitative estimate of drug-likeness (QED) is 0.729. The molecule has 2 aliphatic heterocycles. The van der Waals surface area contributed by atoms with Gasteiger partial charge in [0.15, 0.2) is 15.0 Å². The van der Waals surface area contributed by atoms with E-state index in [0.29, 0.717) is 10.9 Å². The summed E-state index contributed by atoms with van der Waals surface area (Å²) in [7, 11) is -1.90. The highest BCUT2D eigenvalue weighted by Gasteiger charge is 2.49. The summed E-state index contributed by atoms with van der Waals surface area (Å²) in [6.07, 6.45) is -4.81. The third-order valence-electron chi connectivity index (χ3n) is 3.90. The summed E-state index contributed by atoms with van der Waals surface area (Å²) in [5.41, 5.74) is 0.422. The highest BCUT2D eigenvalue weighted by Crippen LogP contribution is 2.41. The van der Waals surface area contributed by atoms with Crippen molar-refractivity contribution in [3.8, 4) is 5.75 Å². The average Bonchev–Trinajstić information content (AvgIpc) is 2.98. The second kappa shape index (κ2) is 7.32. The molecule has 0 bridgehead atoms. The lowest BCUT2D eigenvalue weighted by molar-refractivity contribution is -0.274. The van der Waals surface area contributed by atoms with E-state index in [0.717, 1.165) is 23.9 Å². The Morgan fingerprint density at radius 3 is 2.56 bits per heavy atom. The predicted octanol–water partition coefficient (Wildman–Crippen LogP) is 1.83. The number of hydrogen-bond acceptors (Lipinski definition) is 6. The van der Waals surface area contributed by atoms with Crippen LogP contribution >= 0.6 is 11.8 Å². The smallest absolute Gasteiger partial charge is 0.406 e. The largest absolute Gasteiger partial charge is 0.573 e. The van der Waals surface area contributed by atoms with Gasteiger partial charge in [-0.05, 0) is 24.3 Å². The zero-order valence-electron chi connectivity index (χ0n) is 14.0. The molecule has 0 radical (unpaired) electrons. The summed E-state index contributed by atoms with van der Waals surface area (Å²) in [6, 6.07) is 4.53. The molecule has 1 aromatic rings. The zero-order valence-corrected chi connectivity index (χ0v) is 15.6. The number of halogens is 3. The summed E-state index contributed by atoms with van der Waals surface area (Å²) >= 11 is 1.16. The van der Waals surface area contributed by atoms with Crippen LogP contribution in [-0.2, 0) is 19.4 Å². The van der Waals surface area contributed by atoms with E-state index in [9.17, 15) is 26.4 Å². The van der Waals surface area contributed by atoms with Crippen molar-refractivity contribution in [1.29, 1.82) is 0 Å². The van der Waals surface area contributed by atoms with Gasteiger partial charge in [-0.1, -0.05) is 11.8 Å². The molecule has 2 aliphatic rings. The van der Waals surface area contributed by atoms with Crippen LogP contribution in [0.5, 0.6) is 5.75 Å². The molecule has 148 valence electrons. The van der Waals surface area contributed by atoms with Gasteiger partial charge in [0, 0.05) is 18.0 Å². The Hall–Kier alpha value is -1.79. The number of ether oxygens (including phenoxy) is 2. The van der Waals surface area contributed by atoms with Crippen molar-refractivity contribution in [2.45, 2.75) is 17.7 Å². The molecule has 2 fully saturated rings. The minimum absolute atomic E-state index is 0.0500. The number of alkyl halides is 3. The van der Waals surface area contributed by atoms with E-state index in [-0.39, 0.29) is 23.4 Å². The average molecular weight is 424 g/mol. The molecular weight excluding hydrogens is 409 g/mol. The number of hydrogen-bond donors (Lipinski definition) is 0. The fourth-order valence-electron chi connectivity index (χ4n) is 2.94. The summed E-state index contributed by atoms with van der Waals surface area (Å²) in [4.78, 5) is 17.4. The van der Waals surface area contributed by atoms with Crippen LogP contribution in [0.3, 0.4) is 0 Å². The molecule has 2 atom stereocenters. The van der Waals surface area contributed by atoms with Crippen molar-refractivity contribution >= 4 is 38.4 Å². The molecule has 0 N–H and O–H groups in total. The number of carbonyl (C=O) groups excluding carboxylic acids is 1. The molecule has 0 spiro atoms. The number of aliphatic imine (C=N–C) groups is 1. The van der Waals surface area contributed by atoms with Gasteiger partial charge >= 0.3 is 6.36 Å². The van der Waals surface area contributed by atoms with E-state index in [1.807, 2.05) is 0 Å². The number of rotatable bonds is 4. The Morgan fingerprint density at radius 2 is 1.96 bits per heavy atom. The Labute approximate surface area is 157 Å². The molecule has 0 aliphatic carbocycles. The maximum absolute atomic E-state index is 12.3. The topological polar surface area (TPSA) is 85.3 Å². The number of anilines is 1. The van der Waals surface area contributed by atoms with Crippen molar-refractivity contribution in [3.05, 3.63) is 24.3 Å².